The van der Waals surface area contributed by atoms with Crippen LogP contribution in [0.5, 0.6) is 0 Å². The Kier molecular flexibility index (Phi) is 5.92. The number of nitrogens with one attached hydrogen (secondary N) is 2. The minimum Gasteiger partial charge on any atom is -0.379 e. The molecule has 0 spiro atoms. The third kappa shape index (κ3) is 4.87. The van der Waals surface area contributed by atoms with Gasteiger partial charge in [0.2, 0.25) is 5.95 Å². The largest absolute Gasteiger partial charge is 0.379 e. The number of benzene rings is 1. The smallest absolute Gasteiger partial charge is 0.249 e. The highest BCUT2D eigenvalue weighted by atomic mass is 16.5. The van der Waals surface area contributed by atoms with Crippen LogP contribution in [0.25, 0.3) is 0 Å². The van der Waals surface area contributed by atoms with Gasteiger partial charge in [0, 0.05) is 31.9 Å². The summed E-state index contributed by atoms with van der Waals surface area (Å²) in [6, 6.07) is 8.25. The van der Waals surface area contributed by atoms with Crippen molar-refractivity contribution in [2.45, 2.75) is 13.3 Å². The van der Waals surface area contributed by atoms with Gasteiger partial charge in [0.1, 0.15) is 0 Å². The Morgan fingerprint density at radius 1 is 1.17 bits per heavy atom. The molecule has 24 heavy (non-hydrogen) atoms. The molecule has 3 rings (SSSR count). The highest BCUT2D eigenvalue weighted by molar-refractivity contribution is 5.54. The van der Waals surface area contributed by atoms with Gasteiger partial charge in [-0.15, -0.1) is 5.10 Å². The molecule has 0 atom stereocenters. The zero-order valence-electron chi connectivity index (χ0n) is 14.0. The summed E-state index contributed by atoms with van der Waals surface area (Å²) in [7, 11) is 0. The lowest BCUT2D eigenvalue weighted by Gasteiger charge is -2.26. The number of hydrogen-bond acceptors (Lipinski definition) is 7. The van der Waals surface area contributed by atoms with Crippen LogP contribution in [0.1, 0.15) is 12.5 Å². The number of ether oxygens (including phenoxy) is 1. The van der Waals surface area contributed by atoms with Crippen LogP contribution in [0.15, 0.2) is 30.5 Å². The van der Waals surface area contributed by atoms with Crippen molar-refractivity contribution >= 4 is 17.5 Å². The number of aromatic nitrogens is 3. The molecule has 1 aliphatic heterocycles. The Morgan fingerprint density at radius 3 is 2.71 bits per heavy atom. The quantitative estimate of drug-likeness (QED) is 0.804. The predicted octanol–water partition coefficient (Wildman–Crippen LogP) is 1.92. The molecular weight excluding hydrogens is 304 g/mol. The van der Waals surface area contributed by atoms with Crippen LogP contribution in [0.4, 0.5) is 17.5 Å². The lowest BCUT2D eigenvalue weighted by atomic mass is 10.1. The number of hydrogen-bond donors (Lipinski definition) is 2. The van der Waals surface area contributed by atoms with Gasteiger partial charge < -0.3 is 15.4 Å². The van der Waals surface area contributed by atoms with Gasteiger partial charge in [-0.05, 0) is 24.1 Å². The van der Waals surface area contributed by atoms with E-state index in [9.17, 15) is 0 Å². The van der Waals surface area contributed by atoms with Crippen LogP contribution < -0.4 is 10.6 Å². The van der Waals surface area contributed by atoms with Crippen LogP contribution in [-0.4, -0.2) is 59.5 Å². The summed E-state index contributed by atoms with van der Waals surface area (Å²) in [5.41, 5.74) is 2.26. The second-order valence-corrected chi connectivity index (χ2v) is 5.72. The van der Waals surface area contributed by atoms with Gasteiger partial charge in [-0.1, -0.05) is 19.1 Å². The summed E-state index contributed by atoms with van der Waals surface area (Å²) in [6.45, 7) is 7.55. The van der Waals surface area contributed by atoms with Gasteiger partial charge in [0.15, 0.2) is 5.82 Å². The fourth-order valence-corrected chi connectivity index (χ4v) is 2.56. The van der Waals surface area contributed by atoms with E-state index in [4.69, 9.17) is 4.74 Å². The van der Waals surface area contributed by atoms with Crippen molar-refractivity contribution in [2.75, 3.05) is 50.0 Å². The maximum Gasteiger partial charge on any atom is 0.249 e. The van der Waals surface area contributed by atoms with Gasteiger partial charge >= 0.3 is 0 Å². The standard InChI is InChI=1S/C17H24N6O/c1-2-14-3-5-15(6-4-14)20-17-21-16(13-19-22-17)18-7-8-23-9-11-24-12-10-23/h3-6,13H,2,7-12H2,1H3,(H2,18,20,21,22). The van der Waals surface area contributed by atoms with E-state index < -0.39 is 0 Å². The Labute approximate surface area is 142 Å². The van der Waals surface area contributed by atoms with Crippen LogP contribution in [0.2, 0.25) is 0 Å². The van der Waals surface area contributed by atoms with Crippen molar-refractivity contribution in [3.05, 3.63) is 36.0 Å². The number of nitrogens with zero attached hydrogens (tertiary/aromatic N) is 4. The van der Waals surface area contributed by atoms with Crippen molar-refractivity contribution in [3.63, 3.8) is 0 Å². The van der Waals surface area contributed by atoms with E-state index >= 15 is 0 Å². The number of rotatable bonds is 7. The molecule has 0 radical (unpaired) electrons. The Morgan fingerprint density at radius 2 is 1.96 bits per heavy atom. The number of morpholine rings is 1. The van der Waals surface area contributed by atoms with Crippen LogP contribution >= 0.6 is 0 Å². The van der Waals surface area contributed by atoms with E-state index in [1.165, 1.54) is 5.56 Å². The fourth-order valence-electron chi connectivity index (χ4n) is 2.56. The molecule has 1 aromatic carbocycles. The van der Waals surface area contributed by atoms with Crippen molar-refractivity contribution in [1.29, 1.82) is 0 Å². The van der Waals surface area contributed by atoms with Gasteiger partial charge in [-0.25, -0.2) is 0 Å². The maximum absolute atomic E-state index is 5.35. The highest BCUT2D eigenvalue weighted by Crippen LogP contribution is 2.14. The van der Waals surface area contributed by atoms with E-state index in [0.29, 0.717) is 5.95 Å². The van der Waals surface area contributed by atoms with Crippen molar-refractivity contribution in [1.82, 2.24) is 20.1 Å². The summed E-state index contributed by atoms with van der Waals surface area (Å²) < 4.78 is 5.35. The molecular formula is C17H24N6O. The lowest BCUT2D eigenvalue weighted by molar-refractivity contribution is 0.0398. The zero-order chi connectivity index (χ0) is 16.6. The van der Waals surface area contributed by atoms with Crippen molar-refractivity contribution < 1.29 is 4.74 Å². The second kappa shape index (κ2) is 8.56. The third-order valence-corrected chi connectivity index (χ3v) is 4.02. The van der Waals surface area contributed by atoms with Gasteiger partial charge in [-0.2, -0.15) is 10.1 Å². The van der Waals surface area contributed by atoms with E-state index in [-0.39, 0.29) is 0 Å². The van der Waals surface area contributed by atoms with Crippen LogP contribution in [-0.2, 0) is 11.2 Å². The minimum absolute atomic E-state index is 0.496. The lowest BCUT2D eigenvalue weighted by Crippen LogP contribution is -2.39. The molecule has 7 nitrogen and oxygen atoms in total. The van der Waals surface area contributed by atoms with Gasteiger partial charge in [-0.3, -0.25) is 4.90 Å². The zero-order valence-corrected chi connectivity index (χ0v) is 14.0. The first-order valence-corrected chi connectivity index (χ1v) is 8.43. The third-order valence-electron chi connectivity index (χ3n) is 4.02. The molecule has 2 N–H and O–H groups in total. The van der Waals surface area contributed by atoms with E-state index in [1.54, 1.807) is 6.20 Å². The average molecular weight is 328 g/mol. The molecule has 1 aromatic heterocycles. The summed E-state index contributed by atoms with van der Waals surface area (Å²) in [4.78, 5) is 6.83. The first kappa shape index (κ1) is 16.6. The predicted molar refractivity (Wildman–Crippen MR) is 94.7 cm³/mol. The van der Waals surface area contributed by atoms with Gasteiger partial charge in [0.25, 0.3) is 0 Å². The van der Waals surface area contributed by atoms with Crippen molar-refractivity contribution in [3.8, 4) is 0 Å². The maximum atomic E-state index is 5.35. The molecule has 0 saturated carbocycles. The SMILES string of the molecule is CCc1ccc(Nc2nncc(NCCN3CCOCC3)n2)cc1. The molecule has 0 aliphatic carbocycles. The van der Waals surface area contributed by atoms with Crippen LogP contribution in [0.3, 0.4) is 0 Å². The topological polar surface area (TPSA) is 75.2 Å². The minimum atomic E-state index is 0.496. The number of aryl methyl sites for hydroxylation is 1. The fraction of sp³-hybridized carbons (Fsp3) is 0.471. The molecule has 7 heteroatoms. The van der Waals surface area contributed by atoms with E-state index in [1.807, 2.05) is 12.1 Å². The van der Waals surface area contributed by atoms with E-state index in [0.717, 1.165) is 57.3 Å². The Hall–Kier alpha value is -2.25. The number of anilines is 3. The summed E-state index contributed by atoms with van der Waals surface area (Å²) in [5, 5.41) is 14.5. The molecule has 2 aromatic rings. The molecule has 1 fully saturated rings. The second-order valence-electron chi connectivity index (χ2n) is 5.72. The van der Waals surface area contributed by atoms with Crippen molar-refractivity contribution in [2.24, 2.45) is 0 Å². The average Bonchev–Trinajstić information content (AvgIpc) is 2.64. The first-order valence-electron chi connectivity index (χ1n) is 8.43. The Balaban J connectivity index is 1.51. The van der Waals surface area contributed by atoms with Gasteiger partial charge in [0.05, 0.1) is 19.4 Å². The van der Waals surface area contributed by atoms with E-state index in [2.05, 4.69) is 49.8 Å². The normalized spacial score (nSPS) is 15.2. The summed E-state index contributed by atoms with van der Waals surface area (Å²) >= 11 is 0. The first-order chi connectivity index (χ1) is 11.8. The van der Waals surface area contributed by atoms with Crippen LogP contribution in [0, 0.1) is 0 Å². The summed E-state index contributed by atoms with van der Waals surface area (Å²) in [5.74, 6) is 1.22. The molecule has 0 amide bonds. The summed E-state index contributed by atoms with van der Waals surface area (Å²) in [6.07, 6.45) is 2.67. The molecule has 1 aliphatic rings. The molecule has 128 valence electrons. The highest BCUT2D eigenvalue weighted by Gasteiger charge is 2.09. The molecule has 2 heterocycles. The molecule has 0 unspecified atom stereocenters. The monoisotopic (exact) mass is 328 g/mol. The molecule has 0 bridgehead atoms. The molecule has 1 saturated heterocycles. The Bertz CT molecular complexity index is 627.